The minimum absolute atomic E-state index is 0.00918. The van der Waals surface area contributed by atoms with Crippen molar-refractivity contribution >= 4 is 73.8 Å². The van der Waals surface area contributed by atoms with Gasteiger partial charge in [0.15, 0.2) is 34.0 Å². The van der Waals surface area contributed by atoms with Crippen LogP contribution in [0, 0.1) is 5.92 Å². The third-order valence-electron chi connectivity index (χ3n) is 18.1. The van der Waals surface area contributed by atoms with E-state index in [4.69, 9.17) is 29.9 Å². The maximum atomic E-state index is 13.8. The van der Waals surface area contributed by atoms with Gasteiger partial charge in [0, 0.05) is 82.5 Å². The number of rotatable bonds is 23. The summed E-state index contributed by atoms with van der Waals surface area (Å²) in [5.74, 6) is 0.471. The number of imidazole rings is 2. The zero-order valence-electron chi connectivity index (χ0n) is 50.0. The Bertz CT molecular complexity index is 3850. The van der Waals surface area contributed by atoms with Gasteiger partial charge in [-0.1, -0.05) is 135 Å². The minimum atomic E-state index is -4.44. The van der Waals surface area contributed by atoms with Gasteiger partial charge in [-0.3, -0.25) is 9.59 Å². The van der Waals surface area contributed by atoms with Crippen molar-refractivity contribution in [2.75, 3.05) is 59.7 Å². The lowest BCUT2D eigenvalue weighted by Crippen LogP contribution is -2.51. The SMILES string of the molecule is CCC(=O)C[C@H]1C[C@@H](n2cnc3c(NCC(c4ccccc4)c4ccccc4)nc(N4CC[C@@H](NS(=O)(=O)NC(=O)N[C@@H]5CCN(c6nc(NCC(c7ccccc7)c7ccccc7)c7ncn([C@@H]8C[C@H](NC(=O)CC)[C@@H](O)[C@H]8O)c7n6)C5)C4)nc32)[C@H](O)[C@@H]1O. The summed E-state index contributed by atoms with van der Waals surface area (Å²) in [6, 6.07) is 36.2. The molecule has 4 aromatic carbocycles. The van der Waals surface area contributed by atoms with Crippen LogP contribution in [0.2, 0.25) is 0 Å². The van der Waals surface area contributed by atoms with Crippen LogP contribution in [-0.2, 0) is 19.8 Å². The smallest absolute Gasteiger partial charge is 0.329 e. The third-order valence-corrected chi connectivity index (χ3v) is 19.2. The van der Waals surface area contributed by atoms with Crippen molar-refractivity contribution < 1.29 is 43.2 Å². The number of ketones is 1. The molecular formula is C64H76N16O9S. The summed E-state index contributed by atoms with van der Waals surface area (Å²) in [6.07, 6.45) is 0.216. The molecule has 4 aliphatic rings. The highest BCUT2D eigenvalue weighted by molar-refractivity contribution is 7.88. The Hall–Kier alpha value is -8.66. The highest BCUT2D eigenvalue weighted by atomic mass is 32.2. The van der Waals surface area contributed by atoms with E-state index in [0.717, 1.165) is 22.3 Å². The molecule has 25 nitrogen and oxygen atoms in total. The molecule has 10 atom stereocenters. The van der Waals surface area contributed by atoms with Gasteiger partial charge in [0.2, 0.25) is 17.8 Å². The van der Waals surface area contributed by atoms with Gasteiger partial charge in [-0.25, -0.2) is 19.5 Å². The standard InChI is InChI=1S/C64H76N16O9S/c1-3-45(81)29-42-30-49(56(85)54(42)83)79-36-67-52-58(65-32-46(38-17-9-5-10-18-38)39-19-11-6-12-20-39)72-63(73-60(52)79)78-28-26-44(35-78)75-90(88,89)76-64(87)69-43-25-27-77(34-43)62-71-59(66-33-47(40-21-13-7-14-22-40)41-23-15-8-16-24-41)53-61(74-62)80(37-68-53)50-31-48(55(84)57(50)86)70-51(82)4-2/h5-24,36-37,42-44,46-50,54-57,75,83-86H,3-4,25-35H2,1-2H3,(H,70,82)(H,65,72,73)(H,66,71,74)(H2,69,76,87)/t42-,43+,44+,48-,49+,50+,54+,55+,56-,57-/m0/s1. The second kappa shape index (κ2) is 26.8. The molecule has 4 fully saturated rings. The molecule has 26 heteroatoms. The number of carbonyl (C=O) groups excluding carboxylic acids is 3. The van der Waals surface area contributed by atoms with Gasteiger partial charge in [0.05, 0.1) is 36.9 Å². The lowest BCUT2D eigenvalue weighted by Gasteiger charge is -2.22. The predicted molar refractivity (Wildman–Crippen MR) is 339 cm³/mol. The van der Waals surface area contributed by atoms with E-state index in [9.17, 15) is 43.2 Å². The largest absolute Gasteiger partial charge is 0.390 e. The first-order chi connectivity index (χ1) is 43.6. The Labute approximate surface area is 521 Å². The Kier molecular flexibility index (Phi) is 18.3. The summed E-state index contributed by atoms with van der Waals surface area (Å²) in [7, 11) is -4.44. The normalized spacial score (nSPS) is 23.5. The molecule has 90 heavy (non-hydrogen) atoms. The fourth-order valence-corrected chi connectivity index (χ4v) is 14.2. The van der Waals surface area contributed by atoms with Crippen LogP contribution in [0.5, 0.6) is 0 Å². The topological polar surface area (TPSA) is 332 Å². The zero-order chi connectivity index (χ0) is 62.6. The fraction of sp³-hybridized carbons (Fsp3) is 0.422. The third kappa shape index (κ3) is 13.3. The van der Waals surface area contributed by atoms with Gasteiger partial charge in [0.1, 0.15) is 24.1 Å². The molecule has 2 aliphatic carbocycles. The number of anilines is 4. The molecule has 2 aliphatic heterocycles. The number of aliphatic hydroxyl groups excluding tert-OH is 4. The van der Waals surface area contributed by atoms with Gasteiger partial charge in [-0.05, 0) is 53.9 Å². The van der Waals surface area contributed by atoms with Crippen molar-refractivity contribution in [1.82, 2.24) is 59.1 Å². The van der Waals surface area contributed by atoms with Crippen LogP contribution in [-0.4, -0.2) is 167 Å². The van der Waals surface area contributed by atoms with E-state index in [1.54, 1.807) is 35.6 Å². The average Bonchev–Trinajstić information content (AvgIpc) is 1.64. The van der Waals surface area contributed by atoms with Crippen LogP contribution in [0.15, 0.2) is 134 Å². The summed E-state index contributed by atoms with van der Waals surface area (Å²) >= 11 is 0. The highest BCUT2D eigenvalue weighted by Gasteiger charge is 2.46. The van der Waals surface area contributed by atoms with E-state index in [2.05, 4.69) is 79.2 Å². The Morgan fingerprint density at radius 2 is 1.02 bits per heavy atom. The van der Waals surface area contributed by atoms with E-state index < -0.39 is 76.8 Å². The van der Waals surface area contributed by atoms with Gasteiger partial charge in [0.25, 0.3) is 0 Å². The van der Waals surface area contributed by atoms with Crippen molar-refractivity contribution in [3.8, 4) is 0 Å². The molecule has 12 rings (SSSR count). The first kappa shape index (κ1) is 61.6. The number of hydrogen-bond donors (Lipinski definition) is 10. The summed E-state index contributed by atoms with van der Waals surface area (Å²) in [5.41, 5.74) is 5.92. The van der Waals surface area contributed by atoms with Crippen molar-refractivity contribution in [2.24, 2.45) is 5.92 Å². The molecule has 10 N–H and O–H groups in total. The van der Waals surface area contributed by atoms with E-state index >= 15 is 0 Å². The van der Waals surface area contributed by atoms with E-state index in [-0.39, 0.29) is 61.8 Å². The van der Waals surface area contributed by atoms with Gasteiger partial charge in [-0.2, -0.15) is 33.1 Å². The number of hydrogen-bond acceptors (Lipinski definition) is 19. The summed E-state index contributed by atoms with van der Waals surface area (Å²) in [6.45, 7) is 5.38. The number of urea groups is 1. The van der Waals surface area contributed by atoms with Crippen molar-refractivity contribution in [3.63, 3.8) is 0 Å². The van der Waals surface area contributed by atoms with E-state index in [0.29, 0.717) is 91.8 Å². The molecular weight excluding hydrogens is 1170 g/mol. The number of aliphatic hydroxyl groups is 4. The Balaban J connectivity index is 0.742. The van der Waals surface area contributed by atoms with Gasteiger partial charge < -0.3 is 60.6 Å². The second-order valence-electron chi connectivity index (χ2n) is 23.9. The number of carbonyl (C=O) groups is 3. The Morgan fingerprint density at radius 1 is 0.567 bits per heavy atom. The summed E-state index contributed by atoms with van der Waals surface area (Å²) < 4.78 is 35.9. The van der Waals surface area contributed by atoms with Crippen LogP contribution >= 0.6 is 0 Å². The number of benzene rings is 4. The van der Waals surface area contributed by atoms with Crippen molar-refractivity contribution in [3.05, 3.63) is 156 Å². The average molecular weight is 1250 g/mol. The predicted octanol–water partition coefficient (Wildman–Crippen LogP) is 4.66. The molecule has 6 heterocycles. The molecule has 0 radical (unpaired) electrons. The molecule has 0 unspecified atom stereocenters. The zero-order valence-corrected chi connectivity index (χ0v) is 50.8. The van der Waals surface area contributed by atoms with Crippen LogP contribution in [0.4, 0.5) is 28.3 Å². The number of Topliss-reactive ketones (excluding diaryl/α,β-unsaturated/α-hetero) is 1. The van der Waals surface area contributed by atoms with E-state index in [1.807, 2.05) is 82.6 Å². The molecule has 2 saturated carbocycles. The summed E-state index contributed by atoms with van der Waals surface area (Å²) in [5, 5.41) is 57.9. The van der Waals surface area contributed by atoms with Gasteiger partial charge in [-0.15, -0.1) is 0 Å². The van der Waals surface area contributed by atoms with Crippen LogP contribution in [0.3, 0.4) is 0 Å². The van der Waals surface area contributed by atoms with Crippen LogP contribution in [0.1, 0.15) is 105 Å². The first-order valence-electron chi connectivity index (χ1n) is 30.9. The minimum Gasteiger partial charge on any atom is -0.390 e. The van der Waals surface area contributed by atoms with E-state index in [1.165, 1.54) is 0 Å². The molecule has 472 valence electrons. The van der Waals surface area contributed by atoms with Crippen molar-refractivity contribution in [2.45, 2.75) is 125 Å². The lowest BCUT2D eigenvalue weighted by molar-refractivity contribution is -0.122. The number of nitrogens with zero attached hydrogens (tertiary/aromatic N) is 10. The van der Waals surface area contributed by atoms with Crippen LogP contribution < -0.4 is 40.5 Å². The number of amides is 3. The fourth-order valence-electron chi connectivity index (χ4n) is 13.3. The second-order valence-corrected chi connectivity index (χ2v) is 25.4. The molecule has 3 amide bonds. The maximum Gasteiger partial charge on any atom is 0.329 e. The summed E-state index contributed by atoms with van der Waals surface area (Å²) in [4.78, 5) is 71.9. The molecule has 8 aromatic rings. The molecule has 4 aromatic heterocycles. The lowest BCUT2D eigenvalue weighted by atomic mass is 9.91. The number of aromatic nitrogens is 8. The number of fused-ring (bicyclic) bond motifs is 2. The molecule has 0 spiro atoms. The van der Waals surface area contributed by atoms with Gasteiger partial charge >= 0.3 is 16.2 Å². The quantitative estimate of drug-likeness (QED) is 0.0416. The Morgan fingerprint density at radius 3 is 1.50 bits per heavy atom. The van der Waals surface area contributed by atoms with Crippen molar-refractivity contribution in [1.29, 1.82) is 0 Å². The molecule has 0 bridgehead atoms. The first-order valence-corrected chi connectivity index (χ1v) is 32.4. The monoisotopic (exact) mass is 1240 g/mol. The highest BCUT2D eigenvalue weighted by Crippen LogP contribution is 2.41. The maximum absolute atomic E-state index is 13.8. The number of nitrogens with one attached hydrogen (secondary N) is 6. The van der Waals surface area contributed by atoms with Crippen LogP contribution in [0.25, 0.3) is 22.3 Å². The molecule has 2 saturated heterocycles.